The number of halogens is 2. The first kappa shape index (κ1) is 10.8. The van der Waals surface area contributed by atoms with E-state index in [1.54, 1.807) is 0 Å². The predicted molar refractivity (Wildman–Crippen MR) is 62.7 cm³/mol. The molecule has 15 heavy (non-hydrogen) atoms. The van der Waals surface area contributed by atoms with Gasteiger partial charge in [0.1, 0.15) is 4.84 Å². The molecule has 0 bridgehead atoms. The van der Waals surface area contributed by atoms with E-state index in [-0.39, 0.29) is 6.10 Å². The molecule has 1 aromatic carbocycles. The first-order valence-corrected chi connectivity index (χ1v) is 5.62. The van der Waals surface area contributed by atoms with Crippen LogP contribution in [-0.4, -0.2) is 16.7 Å². The number of rotatable bonds is 2. The fourth-order valence-electron chi connectivity index (χ4n) is 1.45. The molecule has 1 unspecified atom stereocenters. The van der Waals surface area contributed by atoms with E-state index in [9.17, 15) is 0 Å². The summed E-state index contributed by atoms with van der Waals surface area (Å²) in [5, 5.41) is 3.99. The summed E-state index contributed by atoms with van der Waals surface area (Å²) in [6.07, 6.45) is 0.449. The largest absolute Gasteiger partial charge is 0.389 e. The zero-order chi connectivity index (χ0) is 10.8. The van der Waals surface area contributed by atoms with E-state index in [0.29, 0.717) is 6.42 Å². The average molecular weight is 244 g/mol. The fourth-order valence-corrected chi connectivity index (χ4v) is 1.72. The molecule has 0 aliphatic carbocycles. The van der Waals surface area contributed by atoms with Crippen LogP contribution in [0.4, 0.5) is 0 Å². The molecular formula is C11H11Cl2NO. The molecule has 0 fully saturated rings. The third kappa shape index (κ3) is 2.44. The molecule has 0 aromatic heterocycles. The Morgan fingerprint density at radius 2 is 2.00 bits per heavy atom. The molecule has 80 valence electrons. The first-order valence-electron chi connectivity index (χ1n) is 4.74. The van der Waals surface area contributed by atoms with E-state index < -0.39 is 4.84 Å². The summed E-state index contributed by atoms with van der Waals surface area (Å²) in [5.41, 5.74) is 3.20. The molecule has 1 aliphatic rings. The Bertz CT molecular complexity index is 373. The van der Waals surface area contributed by atoms with Crippen molar-refractivity contribution in [2.75, 3.05) is 0 Å². The highest BCUT2D eigenvalue weighted by atomic mass is 35.5. The second-order valence-corrected chi connectivity index (χ2v) is 4.75. The van der Waals surface area contributed by atoms with E-state index in [4.69, 9.17) is 28.0 Å². The Balaban J connectivity index is 2.11. The van der Waals surface area contributed by atoms with Gasteiger partial charge in [-0.15, -0.1) is 23.2 Å². The van der Waals surface area contributed by atoms with Crippen LogP contribution in [0.25, 0.3) is 0 Å². The minimum absolute atomic E-state index is 0.218. The Kier molecular flexibility index (Phi) is 3.17. The molecule has 1 atom stereocenters. The molecule has 0 radical (unpaired) electrons. The standard InChI is InChI=1S/C11H11Cl2NO/c1-7-2-4-8(5-3-7)9-6-10(11(12)13)15-14-9/h2-5,10-11H,6H2,1H3. The maximum absolute atomic E-state index is 5.73. The Labute approximate surface area is 98.8 Å². The van der Waals surface area contributed by atoms with Crippen LogP contribution in [0, 0.1) is 6.92 Å². The third-order valence-corrected chi connectivity index (χ3v) is 2.92. The van der Waals surface area contributed by atoms with Crippen molar-refractivity contribution in [2.45, 2.75) is 24.3 Å². The van der Waals surface area contributed by atoms with Gasteiger partial charge < -0.3 is 4.84 Å². The molecule has 0 saturated carbocycles. The van der Waals surface area contributed by atoms with Crippen LogP contribution in [0.15, 0.2) is 29.4 Å². The van der Waals surface area contributed by atoms with Gasteiger partial charge in [-0.25, -0.2) is 0 Å². The lowest BCUT2D eigenvalue weighted by atomic mass is 10.0. The molecule has 0 N–H and O–H groups in total. The summed E-state index contributed by atoms with van der Waals surface area (Å²) < 4.78 is 0. The van der Waals surface area contributed by atoms with E-state index in [1.165, 1.54) is 5.56 Å². The monoisotopic (exact) mass is 243 g/mol. The Hall–Kier alpha value is -0.730. The molecule has 0 amide bonds. The van der Waals surface area contributed by atoms with Crippen molar-refractivity contribution in [1.82, 2.24) is 0 Å². The highest BCUT2D eigenvalue weighted by molar-refractivity contribution is 6.44. The minimum atomic E-state index is -0.531. The predicted octanol–water partition coefficient (Wildman–Crippen LogP) is 3.29. The van der Waals surface area contributed by atoms with Crippen LogP contribution in [0.1, 0.15) is 17.5 Å². The van der Waals surface area contributed by atoms with Gasteiger partial charge in [0.25, 0.3) is 0 Å². The smallest absolute Gasteiger partial charge is 0.163 e. The van der Waals surface area contributed by atoms with E-state index >= 15 is 0 Å². The molecule has 1 heterocycles. The zero-order valence-electron chi connectivity index (χ0n) is 8.28. The minimum Gasteiger partial charge on any atom is -0.389 e. The number of hydrogen-bond donors (Lipinski definition) is 0. The fraction of sp³-hybridized carbons (Fsp3) is 0.364. The van der Waals surface area contributed by atoms with Crippen molar-refractivity contribution < 1.29 is 4.84 Å². The normalized spacial score (nSPS) is 20.3. The number of nitrogens with zero attached hydrogens (tertiary/aromatic N) is 1. The molecule has 0 spiro atoms. The second kappa shape index (κ2) is 4.42. The van der Waals surface area contributed by atoms with Gasteiger partial charge in [0, 0.05) is 6.42 Å². The highest BCUT2D eigenvalue weighted by Crippen LogP contribution is 2.23. The van der Waals surface area contributed by atoms with Gasteiger partial charge in [-0.2, -0.15) is 0 Å². The number of alkyl halides is 2. The van der Waals surface area contributed by atoms with Crippen molar-refractivity contribution in [3.8, 4) is 0 Å². The van der Waals surface area contributed by atoms with Crippen LogP contribution in [0.2, 0.25) is 0 Å². The van der Waals surface area contributed by atoms with Crippen molar-refractivity contribution >= 4 is 28.9 Å². The van der Waals surface area contributed by atoms with Crippen molar-refractivity contribution in [3.05, 3.63) is 35.4 Å². The summed E-state index contributed by atoms with van der Waals surface area (Å²) >= 11 is 11.5. The number of hydrogen-bond acceptors (Lipinski definition) is 2. The maximum atomic E-state index is 5.73. The van der Waals surface area contributed by atoms with E-state index in [1.807, 2.05) is 31.2 Å². The maximum Gasteiger partial charge on any atom is 0.163 e. The Morgan fingerprint density at radius 1 is 1.33 bits per heavy atom. The van der Waals surface area contributed by atoms with Crippen LogP contribution in [0.3, 0.4) is 0 Å². The summed E-state index contributed by atoms with van der Waals surface area (Å²) in [4.78, 5) is 4.60. The van der Waals surface area contributed by atoms with Crippen LogP contribution in [-0.2, 0) is 4.84 Å². The molecule has 0 saturated heterocycles. The van der Waals surface area contributed by atoms with Crippen LogP contribution < -0.4 is 0 Å². The van der Waals surface area contributed by atoms with Gasteiger partial charge in [-0.1, -0.05) is 35.0 Å². The number of benzene rings is 1. The van der Waals surface area contributed by atoms with Crippen LogP contribution in [0.5, 0.6) is 0 Å². The first-order chi connectivity index (χ1) is 7.16. The molecule has 1 aromatic rings. The van der Waals surface area contributed by atoms with E-state index in [0.717, 1.165) is 11.3 Å². The Morgan fingerprint density at radius 3 is 2.53 bits per heavy atom. The van der Waals surface area contributed by atoms with Gasteiger partial charge in [-0.05, 0) is 12.5 Å². The number of oxime groups is 1. The third-order valence-electron chi connectivity index (χ3n) is 2.36. The molecule has 2 rings (SSSR count). The summed E-state index contributed by atoms with van der Waals surface area (Å²) in [5.74, 6) is 0. The van der Waals surface area contributed by atoms with Crippen molar-refractivity contribution in [1.29, 1.82) is 0 Å². The molecule has 2 nitrogen and oxygen atoms in total. The van der Waals surface area contributed by atoms with Crippen molar-refractivity contribution in [2.24, 2.45) is 5.16 Å². The summed E-state index contributed by atoms with van der Waals surface area (Å²) in [6.45, 7) is 2.05. The van der Waals surface area contributed by atoms with Gasteiger partial charge in [0.05, 0.1) is 5.71 Å². The summed E-state index contributed by atoms with van der Waals surface area (Å²) in [7, 11) is 0. The second-order valence-electron chi connectivity index (χ2n) is 3.59. The number of aryl methyl sites for hydroxylation is 1. The molecule has 1 aliphatic heterocycles. The van der Waals surface area contributed by atoms with Crippen LogP contribution >= 0.6 is 23.2 Å². The highest BCUT2D eigenvalue weighted by Gasteiger charge is 2.27. The van der Waals surface area contributed by atoms with Gasteiger partial charge >= 0.3 is 0 Å². The summed E-state index contributed by atoms with van der Waals surface area (Å²) in [6, 6.07) is 8.14. The van der Waals surface area contributed by atoms with Gasteiger partial charge in [-0.3, -0.25) is 0 Å². The topological polar surface area (TPSA) is 21.6 Å². The lowest BCUT2D eigenvalue weighted by Gasteiger charge is -2.07. The molecule has 4 heteroatoms. The lowest BCUT2D eigenvalue weighted by molar-refractivity contribution is 0.0954. The quantitative estimate of drug-likeness (QED) is 0.731. The average Bonchev–Trinajstić information content (AvgIpc) is 2.68. The SMILES string of the molecule is Cc1ccc(C2=NOC(C(Cl)Cl)C2)cc1. The lowest BCUT2D eigenvalue weighted by Crippen LogP contribution is -2.16. The zero-order valence-corrected chi connectivity index (χ0v) is 9.79. The van der Waals surface area contributed by atoms with Gasteiger partial charge in [0.15, 0.2) is 6.10 Å². The van der Waals surface area contributed by atoms with E-state index in [2.05, 4.69) is 5.16 Å². The molecular weight excluding hydrogens is 233 g/mol. The van der Waals surface area contributed by atoms with Crippen molar-refractivity contribution in [3.63, 3.8) is 0 Å². The van der Waals surface area contributed by atoms with Gasteiger partial charge in [0.2, 0.25) is 0 Å².